The molecular weight excluding hydrogens is 248 g/mol. The van der Waals surface area contributed by atoms with Gasteiger partial charge in [0, 0.05) is 19.1 Å². The van der Waals surface area contributed by atoms with Crippen LogP contribution in [-0.4, -0.2) is 32.8 Å². The van der Waals surface area contributed by atoms with Gasteiger partial charge in [-0.3, -0.25) is 0 Å². The Bertz CT molecular complexity index is 391. The molecule has 1 fully saturated rings. The Morgan fingerprint density at radius 1 is 1.39 bits per heavy atom. The molecule has 0 radical (unpaired) electrons. The largest absolute Gasteiger partial charge is 0.378 e. The molecule has 0 bridgehead atoms. The summed E-state index contributed by atoms with van der Waals surface area (Å²) in [5.74, 6) is 0. The summed E-state index contributed by atoms with van der Waals surface area (Å²) in [6.07, 6.45) is 0. The van der Waals surface area contributed by atoms with Crippen LogP contribution < -0.4 is 10.2 Å². The molecule has 1 atom stereocenters. The molecule has 2 rings (SSSR count). The summed E-state index contributed by atoms with van der Waals surface area (Å²) in [5.41, 5.74) is 2.35. The highest BCUT2D eigenvalue weighted by atomic mass is 35.5. The van der Waals surface area contributed by atoms with Crippen LogP contribution in [0.15, 0.2) is 18.2 Å². The van der Waals surface area contributed by atoms with E-state index in [-0.39, 0.29) is 0 Å². The minimum Gasteiger partial charge on any atom is -0.378 e. The van der Waals surface area contributed by atoms with Crippen LogP contribution in [0.25, 0.3) is 0 Å². The van der Waals surface area contributed by atoms with Gasteiger partial charge in [-0.2, -0.15) is 0 Å². The zero-order valence-corrected chi connectivity index (χ0v) is 11.8. The van der Waals surface area contributed by atoms with E-state index in [0.717, 1.165) is 43.6 Å². The molecule has 0 aliphatic carbocycles. The first kappa shape index (κ1) is 13.7. The van der Waals surface area contributed by atoms with Crippen LogP contribution in [0.3, 0.4) is 0 Å². The van der Waals surface area contributed by atoms with Crippen molar-refractivity contribution in [1.29, 1.82) is 0 Å². The average Bonchev–Trinajstić information content (AvgIpc) is 2.40. The van der Waals surface area contributed by atoms with Crippen molar-refractivity contribution in [3.63, 3.8) is 0 Å². The highest BCUT2D eigenvalue weighted by Gasteiger charge is 2.15. The summed E-state index contributed by atoms with van der Waals surface area (Å²) in [7, 11) is 0. The molecule has 0 saturated carbocycles. The van der Waals surface area contributed by atoms with Gasteiger partial charge in [0.1, 0.15) is 0 Å². The minimum atomic E-state index is 0.339. The number of anilines is 1. The summed E-state index contributed by atoms with van der Waals surface area (Å²) >= 11 is 6.40. The molecule has 0 spiro atoms. The summed E-state index contributed by atoms with van der Waals surface area (Å²) in [6, 6.07) is 6.69. The van der Waals surface area contributed by atoms with Gasteiger partial charge in [-0.25, -0.2) is 0 Å². The van der Waals surface area contributed by atoms with Crippen LogP contribution in [0.2, 0.25) is 5.02 Å². The lowest BCUT2D eigenvalue weighted by molar-refractivity contribution is 0.122. The molecule has 0 amide bonds. The first-order valence-electron chi connectivity index (χ1n) is 6.58. The maximum atomic E-state index is 6.40. The Hall–Kier alpha value is -0.770. The van der Waals surface area contributed by atoms with E-state index in [9.17, 15) is 0 Å². The van der Waals surface area contributed by atoms with Crippen LogP contribution in [-0.2, 0) is 4.74 Å². The van der Waals surface area contributed by atoms with Crippen molar-refractivity contribution in [3.05, 3.63) is 28.8 Å². The van der Waals surface area contributed by atoms with Crippen molar-refractivity contribution in [2.75, 3.05) is 37.7 Å². The van der Waals surface area contributed by atoms with Gasteiger partial charge < -0.3 is 15.0 Å². The number of rotatable bonds is 4. The molecule has 1 N–H and O–H groups in total. The number of ether oxygens (including phenoxy) is 1. The zero-order chi connectivity index (χ0) is 13.0. The third-order valence-corrected chi connectivity index (χ3v) is 3.64. The molecule has 1 heterocycles. The molecule has 1 saturated heterocycles. The summed E-state index contributed by atoms with van der Waals surface area (Å²) < 4.78 is 5.36. The Morgan fingerprint density at radius 3 is 2.72 bits per heavy atom. The number of halogens is 1. The SMILES string of the molecule is CCNC(C)c1ccc(N2CCOCC2)c(Cl)c1. The lowest BCUT2D eigenvalue weighted by Gasteiger charge is -2.30. The maximum absolute atomic E-state index is 6.40. The van der Waals surface area contributed by atoms with E-state index in [4.69, 9.17) is 16.3 Å². The molecule has 100 valence electrons. The normalized spacial score (nSPS) is 17.8. The van der Waals surface area contributed by atoms with Gasteiger partial charge in [0.05, 0.1) is 23.9 Å². The predicted molar refractivity (Wildman–Crippen MR) is 76.6 cm³/mol. The number of morpholine rings is 1. The van der Waals surface area contributed by atoms with Crippen molar-refractivity contribution in [1.82, 2.24) is 5.32 Å². The fourth-order valence-corrected chi connectivity index (χ4v) is 2.59. The molecule has 3 nitrogen and oxygen atoms in total. The van der Waals surface area contributed by atoms with Gasteiger partial charge >= 0.3 is 0 Å². The molecule has 4 heteroatoms. The van der Waals surface area contributed by atoms with E-state index in [1.807, 2.05) is 0 Å². The number of benzene rings is 1. The quantitative estimate of drug-likeness (QED) is 0.909. The van der Waals surface area contributed by atoms with Crippen LogP contribution in [0, 0.1) is 0 Å². The number of nitrogens with one attached hydrogen (secondary N) is 1. The van der Waals surface area contributed by atoms with Crippen molar-refractivity contribution in [2.24, 2.45) is 0 Å². The molecule has 1 aliphatic rings. The van der Waals surface area contributed by atoms with E-state index in [2.05, 4.69) is 42.3 Å². The first-order chi connectivity index (χ1) is 8.72. The molecule has 1 unspecified atom stereocenters. The van der Waals surface area contributed by atoms with E-state index in [1.165, 1.54) is 5.56 Å². The average molecular weight is 269 g/mol. The Kier molecular flexibility index (Phi) is 4.87. The number of nitrogens with zero attached hydrogens (tertiary/aromatic N) is 1. The molecular formula is C14H21ClN2O. The van der Waals surface area contributed by atoms with E-state index in [0.29, 0.717) is 6.04 Å². The van der Waals surface area contributed by atoms with Gasteiger partial charge in [0.25, 0.3) is 0 Å². The Labute approximate surface area is 114 Å². The van der Waals surface area contributed by atoms with E-state index in [1.54, 1.807) is 0 Å². The van der Waals surface area contributed by atoms with Gasteiger partial charge in [-0.15, -0.1) is 0 Å². The highest BCUT2D eigenvalue weighted by molar-refractivity contribution is 6.33. The number of hydrogen-bond donors (Lipinski definition) is 1. The number of hydrogen-bond acceptors (Lipinski definition) is 3. The second-order valence-electron chi connectivity index (χ2n) is 4.59. The van der Waals surface area contributed by atoms with E-state index >= 15 is 0 Å². The monoisotopic (exact) mass is 268 g/mol. The van der Waals surface area contributed by atoms with Gasteiger partial charge in [0.2, 0.25) is 0 Å². The summed E-state index contributed by atoms with van der Waals surface area (Å²) in [6.45, 7) is 8.63. The van der Waals surface area contributed by atoms with Crippen LogP contribution in [0.1, 0.15) is 25.5 Å². The topological polar surface area (TPSA) is 24.5 Å². The fourth-order valence-electron chi connectivity index (χ4n) is 2.28. The second kappa shape index (κ2) is 6.41. The molecule has 1 aliphatic heterocycles. The maximum Gasteiger partial charge on any atom is 0.0642 e. The minimum absolute atomic E-state index is 0.339. The first-order valence-corrected chi connectivity index (χ1v) is 6.95. The Balaban J connectivity index is 2.13. The molecule has 18 heavy (non-hydrogen) atoms. The standard InChI is InChI=1S/C14H21ClN2O/c1-3-16-11(2)12-4-5-14(13(15)10-12)17-6-8-18-9-7-17/h4-5,10-11,16H,3,6-9H2,1-2H3. The van der Waals surface area contributed by atoms with E-state index < -0.39 is 0 Å². The van der Waals surface area contributed by atoms with Gasteiger partial charge in [-0.05, 0) is 31.2 Å². The van der Waals surface area contributed by atoms with Gasteiger partial charge in [0.15, 0.2) is 0 Å². The lowest BCUT2D eigenvalue weighted by Crippen LogP contribution is -2.36. The van der Waals surface area contributed by atoms with Crippen molar-refractivity contribution in [3.8, 4) is 0 Å². The highest BCUT2D eigenvalue weighted by Crippen LogP contribution is 2.29. The zero-order valence-electron chi connectivity index (χ0n) is 11.1. The van der Waals surface area contributed by atoms with Gasteiger partial charge in [-0.1, -0.05) is 24.6 Å². The predicted octanol–water partition coefficient (Wildman–Crippen LogP) is 2.85. The van der Waals surface area contributed by atoms with Crippen LogP contribution in [0.5, 0.6) is 0 Å². The van der Waals surface area contributed by atoms with Crippen molar-refractivity contribution >= 4 is 17.3 Å². The molecule has 1 aromatic rings. The third-order valence-electron chi connectivity index (χ3n) is 3.33. The second-order valence-corrected chi connectivity index (χ2v) is 5.00. The van der Waals surface area contributed by atoms with Crippen molar-refractivity contribution in [2.45, 2.75) is 19.9 Å². The Morgan fingerprint density at radius 2 is 2.11 bits per heavy atom. The smallest absolute Gasteiger partial charge is 0.0642 e. The van der Waals surface area contributed by atoms with Crippen molar-refractivity contribution < 1.29 is 4.74 Å². The summed E-state index contributed by atoms with van der Waals surface area (Å²) in [4.78, 5) is 2.29. The molecule has 0 aromatic heterocycles. The summed E-state index contributed by atoms with van der Waals surface area (Å²) in [5, 5.41) is 4.23. The fraction of sp³-hybridized carbons (Fsp3) is 0.571. The molecule has 1 aromatic carbocycles. The third kappa shape index (κ3) is 3.16. The lowest BCUT2D eigenvalue weighted by atomic mass is 10.1. The van der Waals surface area contributed by atoms with Crippen LogP contribution in [0.4, 0.5) is 5.69 Å². The van der Waals surface area contributed by atoms with Crippen LogP contribution >= 0.6 is 11.6 Å².